The molecular formula is C16H20FN3O. The molecule has 1 aliphatic carbocycles. The fourth-order valence-electron chi connectivity index (χ4n) is 2.93. The summed E-state index contributed by atoms with van der Waals surface area (Å²) in [4.78, 5) is 12.2. The highest BCUT2D eigenvalue weighted by atomic mass is 19.1. The number of anilines is 1. The van der Waals surface area contributed by atoms with Crippen molar-refractivity contribution in [2.45, 2.75) is 44.1 Å². The van der Waals surface area contributed by atoms with Crippen LogP contribution in [0, 0.1) is 17.1 Å². The monoisotopic (exact) mass is 289 g/mol. The first kappa shape index (κ1) is 15.5. The van der Waals surface area contributed by atoms with Crippen molar-refractivity contribution in [1.29, 1.82) is 5.26 Å². The molecule has 0 bridgehead atoms. The van der Waals surface area contributed by atoms with Gasteiger partial charge in [0.15, 0.2) is 0 Å². The first-order valence-electron chi connectivity index (χ1n) is 7.27. The van der Waals surface area contributed by atoms with Gasteiger partial charge in [-0.1, -0.05) is 19.3 Å². The summed E-state index contributed by atoms with van der Waals surface area (Å²) in [6, 6.07) is 5.92. The summed E-state index contributed by atoms with van der Waals surface area (Å²) < 4.78 is 13.8. The Morgan fingerprint density at radius 2 is 2.10 bits per heavy atom. The minimum absolute atomic E-state index is 0.126. The minimum Gasteiger partial charge on any atom is -0.324 e. The fourth-order valence-corrected chi connectivity index (χ4v) is 2.93. The molecule has 21 heavy (non-hydrogen) atoms. The van der Waals surface area contributed by atoms with Gasteiger partial charge in [-0.15, -0.1) is 0 Å². The van der Waals surface area contributed by atoms with Crippen LogP contribution in [0.15, 0.2) is 18.2 Å². The molecule has 2 N–H and O–H groups in total. The molecule has 1 aromatic rings. The van der Waals surface area contributed by atoms with Gasteiger partial charge in [-0.05, 0) is 38.1 Å². The van der Waals surface area contributed by atoms with Gasteiger partial charge in [-0.2, -0.15) is 5.26 Å². The highest BCUT2D eigenvalue weighted by Gasteiger charge is 2.32. The number of amides is 1. The summed E-state index contributed by atoms with van der Waals surface area (Å²) in [5.41, 5.74) is 0.191. The topological polar surface area (TPSA) is 64.9 Å². The summed E-state index contributed by atoms with van der Waals surface area (Å²) in [7, 11) is 1.88. The molecule has 1 fully saturated rings. The van der Waals surface area contributed by atoms with Crippen LogP contribution in [0.5, 0.6) is 0 Å². The number of nitriles is 1. The molecule has 1 aliphatic rings. The van der Waals surface area contributed by atoms with Crippen LogP contribution in [0.25, 0.3) is 0 Å². The molecule has 0 aliphatic heterocycles. The molecule has 0 aromatic heterocycles. The number of benzene rings is 1. The van der Waals surface area contributed by atoms with Crippen LogP contribution in [-0.2, 0) is 4.79 Å². The van der Waals surface area contributed by atoms with E-state index in [0.717, 1.165) is 31.7 Å². The van der Waals surface area contributed by atoms with Gasteiger partial charge >= 0.3 is 0 Å². The van der Waals surface area contributed by atoms with Crippen molar-refractivity contribution < 1.29 is 9.18 Å². The van der Waals surface area contributed by atoms with Crippen LogP contribution >= 0.6 is 0 Å². The minimum atomic E-state index is -0.579. The zero-order chi connectivity index (χ0) is 15.3. The normalized spacial score (nSPS) is 17.0. The third kappa shape index (κ3) is 3.79. The smallest absolute Gasteiger partial charge is 0.226 e. The van der Waals surface area contributed by atoms with E-state index in [9.17, 15) is 9.18 Å². The summed E-state index contributed by atoms with van der Waals surface area (Å²) in [6.45, 7) is 0. The number of nitrogens with one attached hydrogen (secondary N) is 2. The quantitative estimate of drug-likeness (QED) is 0.895. The molecule has 5 heteroatoms. The number of hydrogen-bond acceptors (Lipinski definition) is 3. The summed E-state index contributed by atoms with van der Waals surface area (Å²) >= 11 is 0. The lowest BCUT2D eigenvalue weighted by Gasteiger charge is -2.36. The Morgan fingerprint density at radius 3 is 2.67 bits per heavy atom. The van der Waals surface area contributed by atoms with Gasteiger partial charge in [-0.3, -0.25) is 4.79 Å². The first-order chi connectivity index (χ1) is 10.1. The van der Waals surface area contributed by atoms with E-state index >= 15 is 0 Å². The highest BCUT2D eigenvalue weighted by Crippen LogP contribution is 2.31. The zero-order valence-corrected chi connectivity index (χ0v) is 12.2. The Balaban J connectivity index is 2.03. The van der Waals surface area contributed by atoms with Crippen LogP contribution in [-0.4, -0.2) is 18.5 Å². The zero-order valence-electron chi connectivity index (χ0n) is 12.2. The van der Waals surface area contributed by atoms with E-state index in [4.69, 9.17) is 5.26 Å². The Labute approximate surface area is 124 Å². The van der Waals surface area contributed by atoms with Gasteiger partial charge in [0.05, 0.1) is 17.3 Å². The Morgan fingerprint density at radius 1 is 1.38 bits per heavy atom. The average Bonchev–Trinajstić information content (AvgIpc) is 2.50. The SMILES string of the molecule is CNC1(CC(=O)Nc2ccc(C#N)cc2F)CCCCC1. The van der Waals surface area contributed by atoms with Crippen molar-refractivity contribution >= 4 is 11.6 Å². The van der Waals surface area contributed by atoms with Gasteiger partial charge in [0.1, 0.15) is 5.82 Å². The predicted octanol–water partition coefficient (Wildman–Crippen LogP) is 2.95. The predicted molar refractivity (Wildman–Crippen MR) is 79.2 cm³/mol. The van der Waals surface area contributed by atoms with Crippen LogP contribution in [0.1, 0.15) is 44.1 Å². The molecule has 1 saturated carbocycles. The van der Waals surface area contributed by atoms with Crippen molar-refractivity contribution in [1.82, 2.24) is 5.32 Å². The highest BCUT2D eigenvalue weighted by molar-refractivity contribution is 5.91. The third-order valence-corrected chi connectivity index (χ3v) is 4.21. The van der Waals surface area contributed by atoms with E-state index in [1.165, 1.54) is 18.6 Å². The second kappa shape index (κ2) is 6.68. The van der Waals surface area contributed by atoms with Crippen molar-refractivity contribution in [3.05, 3.63) is 29.6 Å². The Bertz CT molecular complexity index is 559. The Kier molecular flexibility index (Phi) is 4.92. The van der Waals surface area contributed by atoms with E-state index < -0.39 is 5.82 Å². The lowest BCUT2D eigenvalue weighted by atomic mass is 9.79. The van der Waals surface area contributed by atoms with Crippen molar-refractivity contribution in [2.24, 2.45) is 0 Å². The lowest BCUT2D eigenvalue weighted by Crippen LogP contribution is -2.47. The molecule has 0 spiro atoms. The van der Waals surface area contributed by atoms with Crippen molar-refractivity contribution in [3.8, 4) is 6.07 Å². The van der Waals surface area contributed by atoms with Gasteiger partial charge in [0.25, 0.3) is 0 Å². The fraction of sp³-hybridized carbons (Fsp3) is 0.500. The van der Waals surface area contributed by atoms with E-state index in [0.29, 0.717) is 6.42 Å². The molecule has 0 saturated heterocycles. The lowest BCUT2D eigenvalue weighted by molar-refractivity contribution is -0.118. The van der Waals surface area contributed by atoms with Crippen LogP contribution < -0.4 is 10.6 Å². The van der Waals surface area contributed by atoms with Crippen LogP contribution in [0.2, 0.25) is 0 Å². The standard InChI is InChI=1S/C16H20FN3O/c1-19-16(7-3-2-4-8-16)10-15(21)20-14-6-5-12(11-18)9-13(14)17/h5-6,9,19H,2-4,7-8,10H2,1H3,(H,20,21). The molecule has 2 rings (SSSR count). The van der Waals surface area contributed by atoms with E-state index in [1.807, 2.05) is 13.1 Å². The van der Waals surface area contributed by atoms with E-state index in [-0.39, 0.29) is 22.7 Å². The van der Waals surface area contributed by atoms with Crippen molar-refractivity contribution in [3.63, 3.8) is 0 Å². The third-order valence-electron chi connectivity index (χ3n) is 4.21. The van der Waals surface area contributed by atoms with Crippen LogP contribution in [0.4, 0.5) is 10.1 Å². The molecule has 0 heterocycles. The molecular weight excluding hydrogens is 269 g/mol. The van der Waals surface area contributed by atoms with Gasteiger partial charge in [-0.25, -0.2) is 4.39 Å². The summed E-state index contributed by atoms with van der Waals surface area (Å²) in [5, 5.41) is 14.6. The number of rotatable bonds is 4. The molecule has 112 valence electrons. The van der Waals surface area contributed by atoms with E-state index in [1.54, 1.807) is 0 Å². The first-order valence-corrected chi connectivity index (χ1v) is 7.27. The number of hydrogen-bond donors (Lipinski definition) is 2. The molecule has 0 atom stereocenters. The van der Waals surface area contributed by atoms with Gasteiger partial charge < -0.3 is 10.6 Å². The van der Waals surface area contributed by atoms with Crippen molar-refractivity contribution in [2.75, 3.05) is 12.4 Å². The Hall–Kier alpha value is -1.93. The van der Waals surface area contributed by atoms with Crippen LogP contribution in [0.3, 0.4) is 0 Å². The maximum atomic E-state index is 13.8. The number of carbonyl (C=O) groups excluding carboxylic acids is 1. The summed E-state index contributed by atoms with van der Waals surface area (Å²) in [5.74, 6) is -0.778. The second-order valence-corrected chi connectivity index (χ2v) is 5.62. The second-order valence-electron chi connectivity index (χ2n) is 5.62. The molecule has 0 radical (unpaired) electrons. The number of carbonyl (C=O) groups is 1. The van der Waals surface area contributed by atoms with Gasteiger partial charge in [0.2, 0.25) is 5.91 Å². The molecule has 1 amide bonds. The molecule has 1 aromatic carbocycles. The maximum absolute atomic E-state index is 13.8. The number of halogens is 1. The largest absolute Gasteiger partial charge is 0.324 e. The van der Waals surface area contributed by atoms with Gasteiger partial charge in [0, 0.05) is 12.0 Å². The average molecular weight is 289 g/mol. The molecule has 0 unspecified atom stereocenters. The van der Waals surface area contributed by atoms with E-state index in [2.05, 4.69) is 10.6 Å². The molecule has 4 nitrogen and oxygen atoms in total. The maximum Gasteiger partial charge on any atom is 0.226 e. The number of nitrogens with zero attached hydrogens (tertiary/aromatic N) is 1. The summed E-state index contributed by atoms with van der Waals surface area (Å²) in [6.07, 6.45) is 5.69.